The van der Waals surface area contributed by atoms with Gasteiger partial charge in [0, 0.05) is 5.69 Å². The Bertz CT molecular complexity index is 385. The van der Waals surface area contributed by atoms with Crippen LogP contribution in [0.3, 0.4) is 0 Å². The molecule has 1 N–H and O–H groups in total. The van der Waals surface area contributed by atoms with E-state index in [-0.39, 0.29) is 0 Å². The second kappa shape index (κ2) is 4.64. The summed E-state index contributed by atoms with van der Waals surface area (Å²) in [5.41, 5.74) is 2.24. The number of benzene rings is 1. The number of allylic oxidation sites excluding steroid dienone is 1. The molecule has 0 atom stereocenters. The molecule has 0 fully saturated rings. The number of para-hydroxylation sites is 1. The van der Waals surface area contributed by atoms with Crippen LogP contribution in [0.15, 0.2) is 41.9 Å². The number of aliphatic imine (C=N–C) groups is 1. The molecule has 0 aliphatic carbocycles. The molecule has 0 saturated heterocycles. The van der Waals surface area contributed by atoms with Gasteiger partial charge in [0.15, 0.2) is 0 Å². The van der Waals surface area contributed by atoms with Gasteiger partial charge in [-0.1, -0.05) is 24.3 Å². The molecule has 3 heteroatoms. The van der Waals surface area contributed by atoms with Crippen molar-refractivity contribution < 1.29 is 4.74 Å². The van der Waals surface area contributed by atoms with Gasteiger partial charge >= 0.3 is 0 Å². The summed E-state index contributed by atoms with van der Waals surface area (Å²) in [4.78, 5) is 4.19. The summed E-state index contributed by atoms with van der Waals surface area (Å²) in [5, 5.41) is 3.17. The van der Waals surface area contributed by atoms with Crippen molar-refractivity contribution in [1.82, 2.24) is 0 Å². The van der Waals surface area contributed by atoms with Gasteiger partial charge in [-0.2, -0.15) is 0 Å². The topological polar surface area (TPSA) is 33.6 Å². The molecule has 3 nitrogen and oxygen atoms in total. The van der Waals surface area contributed by atoms with Crippen LogP contribution >= 0.6 is 0 Å². The fourth-order valence-corrected chi connectivity index (χ4v) is 1.50. The molecule has 0 amide bonds. The molecule has 0 aromatic heterocycles. The maximum absolute atomic E-state index is 5.30. The highest BCUT2D eigenvalue weighted by Crippen LogP contribution is 2.16. The highest BCUT2D eigenvalue weighted by atomic mass is 16.5. The summed E-state index contributed by atoms with van der Waals surface area (Å²) in [6.07, 6.45) is 2.73. The van der Waals surface area contributed by atoms with Crippen LogP contribution < -0.4 is 5.32 Å². The van der Waals surface area contributed by atoms with Gasteiger partial charge in [0.25, 0.3) is 6.02 Å². The zero-order chi connectivity index (χ0) is 10.5. The van der Waals surface area contributed by atoms with E-state index in [0.29, 0.717) is 12.6 Å². The van der Waals surface area contributed by atoms with E-state index in [4.69, 9.17) is 4.74 Å². The van der Waals surface area contributed by atoms with Crippen LogP contribution in [0.1, 0.15) is 5.56 Å². The molecule has 0 spiro atoms. The largest absolute Gasteiger partial charge is 0.463 e. The first-order chi connectivity index (χ1) is 7.40. The summed E-state index contributed by atoms with van der Waals surface area (Å²) in [6.45, 7) is 5.15. The average Bonchev–Trinajstić information content (AvgIpc) is 2.74. The number of nitrogens with one attached hydrogen (secondary N) is 1. The number of anilines is 1. The van der Waals surface area contributed by atoms with Crippen molar-refractivity contribution in [3.05, 3.63) is 42.5 Å². The third kappa shape index (κ3) is 2.37. The number of ether oxygens (including phenoxy) is 1. The zero-order valence-corrected chi connectivity index (χ0v) is 8.57. The van der Waals surface area contributed by atoms with Crippen molar-refractivity contribution in [3.8, 4) is 0 Å². The highest BCUT2D eigenvalue weighted by molar-refractivity contribution is 5.90. The van der Waals surface area contributed by atoms with Crippen molar-refractivity contribution in [1.29, 1.82) is 0 Å². The molecule has 78 valence electrons. The van der Waals surface area contributed by atoms with E-state index in [2.05, 4.69) is 23.0 Å². The molecular formula is C12H14N2O. The molecule has 2 rings (SSSR count). The molecule has 0 unspecified atom stereocenters. The molecule has 0 bridgehead atoms. The predicted molar refractivity (Wildman–Crippen MR) is 62.2 cm³/mol. The number of rotatable bonds is 3. The number of nitrogens with zero attached hydrogens (tertiary/aromatic N) is 1. The number of hydrogen-bond acceptors (Lipinski definition) is 3. The van der Waals surface area contributed by atoms with Crippen LogP contribution in [0.5, 0.6) is 0 Å². The fraction of sp³-hybridized carbons (Fsp3) is 0.250. The smallest absolute Gasteiger partial charge is 0.289 e. The maximum atomic E-state index is 5.30. The van der Waals surface area contributed by atoms with E-state index in [0.717, 1.165) is 18.7 Å². The van der Waals surface area contributed by atoms with E-state index in [1.807, 2.05) is 24.3 Å². The van der Waals surface area contributed by atoms with Gasteiger partial charge < -0.3 is 10.1 Å². The van der Waals surface area contributed by atoms with Crippen LogP contribution in [-0.2, 0) is 11.2 Å². The average molecular weight is 202 g/mol. The molecule has 0 radical (unpaired) electrons. The van der Waals surface area contributed by atoms with Gasteiger partial charge in [-0.05, 0) is 18.1 Å². The molecule has 15 heavy (non-hydrogen) atoms. The first-order valence-electron chi connectivity index (χ1n) is 5.03. The molecule has 1 aromatic rings. The van der Waals surface area contributed by atoms with Gasteiger partial charge in [-0.25, -0.2) is 4.99 Å². The minimum absolute atomic E-state index is 0.617. The number of hydrogen-bond donors (Lipinski definition) is 1. The van der Waals surface area contributed by atoms with E-state index in [9.17, 15) is 0 Å². The Kier molecular flexibility index (Phi) is 3.02. The van der Waals surface area contributed by atoms with Crippen molar-refractivity contribution in [2.24, 2.45) is 4.99 Å². The molecular weight excluding hydrogens is 188 g/mol. The van der Waals surface area contributed by atoms with Crippen molar-refractivity contribution in [2.45, 2.75) is 6.42 Å². The normalized spacial score (nSPS) is 14.3. The van der Waals surface area contributed by atoms with Gasteiger partial charge in [-0.15, -0.1) is 6.58 Å². The summed E-state index contributed by atoms with van der Waals surface area (Å²) in [5.74, 6) is 0. The Morgan fingerprint density at radius 3 is 3.07 bits per heavy atom. The Morgan fingerprint density at radius 2 is 2.33 bits per heavy atom. The summed E-state index contributed by atoms with van der Waals surface area (Å²) >= 11 is 0. The van der Waals surface area contributed by atoms with Crippen LogP contribution in [0.25, 0.3) is 0 Å². The monoisotopic (exact) mass is 202 g/mol. The lowest BCUT2D eigenvalue weighted by molar-refractivity contribution is 0.346. The van der Waals surface area contributed by atoms with Gasteiger partial charge in [0.05, 0.1) is 6.54 Å². The van der Waals surface area contributed by atoms with Crippen molar-refractivity contribution in [2.75, 3.05) is 18.5 Å². The van der Waals surface area contributed by atoms with Crippen molar-refractivity contribution >= 4 is 11.7 Å². The predicted octanol–water partition coefficient (Wildman–Crippen LogP) is 2.21. The van der Waals surface area contributed by atoms with Crippen LogP contribution in [0.4, 0.5) is 5.69 Å². The van der Waals surface area contributed by atoms with Gasteiger partial charge in [0.1, 0.15) is 6.61 Å². The number of amidine groups is 1. The Labute approximate surface area is 89.5 Å². The van der Waals surface area contributed by atoms with Gasteiger partial charge in [0.2, 0.25) is 0 Å². The summed E-state index contributed by atoms with van der Waals surface area (Å²) < 4.78 is 5.30. The van der Waals surface area contributed by atoms with E-state index >= 15 is 0 Å². The maximum Gasteiger partial charge on any atom is 0.289 e. The first-order valence-corrected chi connectivity index (χ1v) is 5.03. The summed E-state index contributed by atoms with van der Waals surface area (Å²) in [7, 11) is 0. The third-order valence-corrected chi connectivity index (χ3v) is 2.21. The second-order valence-electron chi connectivity index (χ2n) is 3.31. The Morgan fingerprint density at radius 1 is 1.47 bits per heavy atom. The van der Waals surface area contributed by atoms with E-state index in [1.54, 1.807) is 0 Å². The Balaban J connectivity index is 2.15. The molecule has 1 heterocycles. The first kappa shape index (κ1) is 9.77. The minimum atomic E-state index is 0.617. The molecule has 1 aliphatic heterocycles. The van der Waals surface area contributed by atoms with Crippen molar-refractivity contribution in [3.63, 3.8) is 0 Å². The lowest BCUT2D eigenvalue weighted by Crippen LogP contribution is -2.13. The standard InChI is InChI=1S/C12H14N2O/c1-2-5-10-6-3-4-7-11(10)14-12-13-8-9-15-12/h2-4,6-7H,1,5,8-9H2,(H,13,14). The quantitative estimate of drug-likeness (QED) is 0.762. The molecule has 0 saturated carbocycles. The lowest BCUT2D eigenvalue weighted by Gasteiger charge is -2.09. The lowest BCUT2D eigenvalue weighted by atomic mass is 10.1. The van der Waals surface area contributed by atoms with Crippen LogP contribution in [0.2, 0.25) is 0 Å². The van der Waals surface area contributed by atoms with Crippen LogP contribution in [-0.4, -0.2) is 19.2 Å². The van der Waals surface area contributed by atoms with E-state index < -0.39 is 0 Å². The van der Waals surface area contributed by atoms with Gasteiger partial charge in [-0.3, -0.25) is 0 Å². The Hall–Kier alpha value is -1.77. The highest BCUT2D eigenvalue weighted by Gasteiger charge is 2.08. The second-order valence-corrected chi connectivity index (χ2v) is 3.31. The van der Waals surface area contributed by atoms with Crippen LogP contribution in [0, 0.1) is 0 Å². The minimum Gasteiger partial charge on any atom is -0.463 e. The fourth-order valence-electron chi connectivity index (χ4n) is 1.50. The molecule has 1 aliphatic rings. The SMILES string of the molecule is C=CCc1ccccc1NC1=NCCO1. The summed E-state index contributed by atoms with van der Waals surface area (Å²) in [6, 6.07) is 8.71. The zero-order valence-electron chi connectivity index (χ0n) is 8.57. The third-order valence-electron chi connectivity index (χ3n) is 2.21. The van der Waals surface area contributed by atoms with E-state index in [1.165, 1.54) is 5.56 Å². The molecule has 1 aromatic carbocycles.